The van der Waals surface area contributed by atoms with Crippen LogP contribution in [0.25, 0.3) is 11.0 Å². The molecule has 2 rings (SSSR count). The van der Waals surface area contributed by atoms with E-state index in [0.717, 1.165) is 36.0 Å². The number of amides is 2. The molecule has 0 fully saturated rings. The van der Waals surface area contributed by atoms with E-state index in [1.54, 1.807) is 7.05 Å². The monoisotopic (exact) mass is 400 g/mol. The first-order chi connectivity index (χ1) is 13.6. The van der Waals surface area contributed by atoms with Crippen molar-refractivity contribution in [2.45, 2.75) is 40.2 Å². The summed E-state index contributed by atoms with van der Waals surface area (Å²) in [4.78, 5) is 35.2. The number of unbranched alkanes of at least 4 members (excludes halogenated alkanes) is 1. The van der Waals surface area contributed by atoms with Gasteiger partial charge in [0.2, 0.25) is 6.41 Å². The lowest BCUT2D eigenvalue weighted by atomic mass is 10.1. The first-order valence-corrected chi connectivity index (χ1v) is 10.1. The van der Waals surface area contributed by atoms with Gasteiger partial charge in [-0.1, -0.05) is 13.3 Å². The van der Waals surface area contributed by atoms with Gasteiger partial charge in [0.1, 0.15) is 0 Å². The van der Waals surface area contributed by atoms with Crippen molar-refractivity contribution in [3.05, 3.63) is 34.4 Å². The van der Waals surface area contributed by atoms with Crippen LogP contribution in [0.2, 0.25) is 0 Å². The molecule has 2 aromatic rings. The Morgan fingerprint density at radius 1 is 1.24 bits per heavy atom. The van der Waals surface area contributed by atoms with Crippen LogP contribution in [0.4, 0.5) is 0 Å². The molecule has 0 aliphatic carbocycles. The Labute approximate surface area is 173 Å². The number of imide groups is 1. The van der Waals surface area contributed by atoms with Crippen molar-refractivity contribution in [1.82, 2.24) is 14.5 Å². The average molecular weight is 401 g/mol. The van der Waals surface area contributed by atoms with Gasteiger partial charge in [-0.25, -0.2) is 4.98 Å². The van der Waals surface area contributed by atoms with E-state index in [1.807, 2.05) is 34.1 Å². The molecule has 0 radical (unpaired) electrons. The molecule has 2 amide bonds. The zero-order chi connectivity index (χ0) is 21.8. The molecular weight excluding hydrogens is 366 g/mol. The third kappa shape index (κ3) is 5.29. The minimum Gasteiger partial charge on any atom is -0.329 e. The summed E-state index contributed by atoms with van der Waals surface area (Å²) in [6.07, 6.45) is 2.59. The molecule has 0 unspecified atom stereocenters. The van der Waals surface area contributed by atoms with E-state index in [9.17, 15) is 9.59 Å². The van der Waals surface area contributed by atoms with Gasteiger partial charge in [0.05, 0.1) is 45.3 Å². The molecule has 0 bridgehead atoms. The second-order valence-electron chi connectivity index (χ2n) is 8.56. The predicted molar refractivity (Wildman–Crippen MR) is 116 cm³/mol. The number of benzene rings is 1. The standard InChI is InChI=1S/C22H34N5O2/c1-8-9-10-26-19-14-17(3)16(2)13-18(19)24-20(21(26)23-4)22(29)25(15-28)11-12-27(5,6)7/h13-15H,8-12H2,1-7H3/q+1. The zero-order valence-electron chi connectivity index (χ0n) is 18.8. The second kappa shape index (κ2) is 9.31. The number of aromatic nitrogens is 2. The summed E-state index contributed by atoms with van der Waals surface area (Å²) in [6, 6.07) is 4.10. The molecule has 158 valence electrons. The summed E-state index contributed by atoms with van der Waals surface area (Å²) < 4.78 is 2.72. The van der Waals surface area contributed by atoms with E-state index < -0.39 is 5.91 Å². The molecule has 1 aromatic carbocycles. The fourth-order valence-corrected chi connectivity index (χ4v) is 3.16. The van der Waals surface area contributed by atoms with Gasteiger partial charge in [0.15, 0.2) is 11.2 Å². The highest BCUT2D eigenvalue weighted by molar-refractivity contribution is 5.99. The Hall–Kier alpha value is -2.54. The van der Waals surface area contributed by atoms with Gasteiger partial charge in [0.25, 0.3) is 5.91 Å². The lowest BCUT2D eigenvalue weighted by molar-refractivity contribution is -0.869. The summed E-state index contributed by atoms with van der Waals surface area (Å²) in [5, 5.41) is 0. The highest BCUT2D eigenvalue weighted by Crippen LogP contribution is 2.18. The Bertz CT molecular complexity index is 970. The number of rotatable bonds is 8. The molecule has 0 saturated carbocycles. The zero-order valence-corrected chi connectivity index (χ0v) is 18.8. The molecule has 0 atom stereocenters. The molecule has 1 aromatic heterocycles. The van der Waals surface area contributed by atoms with Crippen molar-refractivity contribution >= 4 is 23.4 Å². The largest absolute Gasteiger partial charge is 0.329 e. The van der Waals surface area contributed by atoms with Crippen LogP contribution in [0.1, 0.15) is 41.4 Å². The maximum Gasteiger partial charge on any atom is 0.282 e. The van der Waals surface area contributed by atoms with Crippen LogP contribution in [0.15, 0.2) is 17.1 Å². The Balaban J connectivity index is 2.66. The van der Waals surface area contributed by atoms with Crippen LogP contribution in [0, 0.1) is 13.8 Å². The molecule has 0 saturated heterocycles. The minimum atomic E-state index is -0.403. The number of aryl methyl sites for hydroxylation is 3. The van der Waals surface area contributed by atoms with E-state index in [-0.39, 0.29) is 5.69 Å². The van der Waals surface area contributed by atoms with Crippen LogP contribution in [-0.4, -0.2) is 72.5 Å². The maximum absolute atomic E-state index is 13.2. The minimum absolute atomic E-state index is 0.230. The second-order valence-corrected chi connectivity index (χ2v) is 8.56. The number of carbonyl (C=O) groups excluding carboxylic acids is 2. The third-order valence-electron chi connectivity index (χ3n) is 5.13. The number of hydrogen-bond donors (Lipinski definition) is 0. The average Bonchev–Trinajstić information content (AvgIpc) is 2.66. The first-order valence-electron chi connectivity index (χ1n) is 10.1. The maximum atomic E-state index is 13.2. The summed E-state index contributed by atoms with van der Waals surface area (Å²) >= 11 is 0. The molecule has 0 aliphatic rings. The van der Waals surface area contributed by atoms with Crippen LogP contribution in [-0.2, 0) is 11.3 Å². The quantitative estimate of drug-likeness (QED) is 0.504. The van der Waals surface area contributed by atoms with E-state index in [1.165, 1.54) is 10.5 Å². The molecular formula is C22H34N5O2+. The summed E-state index contributed by atoms with van der Waals surface area (Å²) in [6.45, 7) is 7.96. The lowest BCUT2D eigenvalue weighted by Crippen LogP contribution is -2.45. The van der Waals surface area contributed by atoms with Crippen molar-refractivity contribution in [2.75, 3.05) is 41.3 Å². The number of carbonyl (C=O) groups is 2. The van der Waals surface area contributed by atoms with Gasteiger partial charge < -0.3 is 9.05 Å². The van der Waals surface area contributed by atoms with E-state index in [0.29, 0.717) is 29.5 Å². The molecule has 29 heavy (non-hydrogen) atoms. The fraction of sp³-hybridized carbons (Fsp3) is 0.545. The first kappa shape index (κ1) is 22.7. The van der Waals surface area contributed by atoms with Crippen molar-refractivity contribution in [3.63, 3.8) is 0 Å². The highest BCUT2D eigenvalue weighted by Gasteiger charge is 2.23. The SMILES string of the molecule is CCCCn1c(=NC)c(C(=O)N(C=O)CC[N+](C)(C)C)nc2cc(C)c(C)cc21. The van der Waals surface area contributed by atoms with E-state index in [2.05, 4.69) is 34.5 Å². The molecule has 0 aliphatic heterocycles. The lowest BCUT2D eigenvalue weighted by Gasteiger charge is -2.26. The van der Waals surface area contributed by atoms with Crippen molar-refractivity contribution in [1.29, 1.82) is 0 Å². The summed E-state index contributed by atoms with van der Waals surface area (Å²) in [7, 11) is 7.75. The molecule has 0 N–H and O–H groups in total. The highest BCUT2D eigenvalue weighted by atomic mass is 16.2. The van der Waals surface area contributed by atoms with E-state index >= 15 is 0 Å². The van der Waals surface area contributed by atoms with Gasteiger partial charge in [-0.15, -0.1) is 0 Å². The normalized spacial score (nSPS) is 12.4. The number of nitrogens with zero attached hydrogens (tertiary/aromatic N) is 5. The topological polar surface area (TPSA) is 67.6 Å². The van der Waals surface area contributed by atoms with Crippen LogP contribution in [0.5, 0.6) is 0 Å². The molecule has 0 spiro atoms. The third-order valence-corrected chi connectivity index (χ3v) is 5.13. The Morgan fingerprint density at radius 2 is 1.90 bits per heavy atom. The van der Waals surface area contributed by atoms with Crippen molar-refractivity contribution in [2.24, 2.45) is 4.99 Å². The molecule has 1 heterocycles. The van der Waals surface area contributed by atoms with Crippen molar-refractivity contribution < 1.29 is 14.1 Å². The molecule has 7 nitrogen and oxygen atoms in total. The van der Waals surface area contributed by atoms with Gasteiger partial charge in [-0.05, 0) is 43.5 Å². The smallest absolute Gasteiger partial charge is 0.282 e. The van der Waals surface area contributed by atoms with Gasteiger partial charge >= 0.3 is 0 Å². The molecule has 7 heteroatoms. The number of likely N-dealkylation sites (N-methyl/N-ethyl adjacent to an activating group) is 1. The summed E-state index contributed by atoms with van der Waals surface area (Å²) in [5.74, 6) is -0.403. The van der Waals surface area contributed by atoms with Crippen LogP contribution in [0.3, 0.4) is 0 Å². The van der Waals surface area contributed by atoms with Crippen molar-refractivity contribution in [3.8, 4) is 0 Å². The fourth-order valence-electron chi connectivity index (χ4n) is 3.16. The Morgan fingerprint density at radius 3 is 2.45 bits per heavy atom. The van der Waals surface area contributed by atoms with Crippen LogP contribution >= 0.6 is 0 Å². The number of quaternary nitrogens is 1. The van der Waals surface area contributed by atoms with Gasteiger partial charge in [-0.2, -0.15) is 0 Å². The number of fused-ring (bicyclic) bond motifs is 1. The number of hydrogen-bond acceptors (Lipinski definition) is 4. The van der Waals surface area contributed by atoms with E-state index in [4.69, 9.17) is 0 Å². The Kier molecular flexibility index (Phi) is 7.30. The van der Waals surface area contributed by atoms with Gasteiger partial charge in [0, 0.05) is 13.6 Å². The summed E-state index contributed by atoms with van der Waals surface area (Å²) in [5.41, 5.74) is 4.75. The predicted octanol–water partition coefficient (Wildman–Crippen LogP) is 2.29. The van der Waals surface area contributed by atoms with Gasteiger partial charge in [-0.3, -0.25) is 19.5 Å². The van der Waals surface area contributed by atoms with Crippen LogP contribution < -0.4 is 5.49 Å².